The van der Waals surface area contributed by atoms with Gasteiger partial charge in [0.2, 0.25) is 10.0 Å². The van der Waals surface area contributed by atoms with E-state index in [2.05, 4.69) is 10.3 Å². The molecule has 1 N–H and O–H groups in total. The van der Waals surface area contributed by atoms with Crippen LogP contribution >= 0.6 is 0 Å². The van der Waals surface area contributed by atoms with E-state index in [1.165, 1.54) is 10.4 Å². The Hall–Kier alpha value is -4.12. The number of fused-ring (bicyclic) bond motifs is 1. The van der Waals surface area contributed by atoms with Crippen LogP contribution < -0.4 is 5.32 Å². The van der Waals surface area contributed by atoms with Crippen LogP contribution in [0.5, 0.6) is 0 Å². The molecule has 1 aliphatic heterocycles. The number of nitrogens with one attached hydrogen (secondary N) is 1. The number of benzene rings is 3. The summed E-state index contributed by atoms with van der Waals surface area (Å²) in [6, 6.07) is 23.0. The summed E-state index contributed by atoms with van der Waals surface area (Å²) in [5.41, 5.74) is 3.22. The Kier molecular flexibility index (Phi) is 7.69. The second-order valence-electron chi connectivity index (χ2n) is 9.06. The van der Waals surface area contributed by atoms with Crippen LogP contribution in [0.4, 0.5) is 5.69 Å². The molecule has 0 radical (unpaired) electrons. The van der Waals surface area contributed by atoms with Crippen LogP contribution in [0.2, 0.25) is 0 Å². The lowest BCUT2D eigenvalue weighted by molar-refractivity contribution is -0.119. The minimum absolute atomic E-state index is 0.107. The van der Waals surface area contributed by atoms with Crippen molar-refractivity contribution in [2.24, 2.45) is 0 Å². The molecular formula is C29H27N3O6S. The predicted molar refractivity (Wildman–Crippen MR) is 147 cm³/mol. The Bertz CT molecular complexity index is 1630. The number of nitrogens with zero attached hydrogens (tertiary/aromatic N) is 2. The maximum absolute atomic E-state index is 13.1. The smallest absolute Gasteiger partial charge is 0.339 e. The van der Waals surface area contributed by atoms with Gasteiger partial charge in [-0.05, 0) is 36.8 Å². The van der Waals surface area contributed by atoms with Crippen molar-refractivity contribution in [2.45, 2.75) is 11.8 Å². The van der Waals surface area contributed by atoms with Gasteiger partial charge in [0.15, 0.2) is 6.61 Å². The van der Waals surface area contributed by atoms with Crippen LogP contribution in [0.1, 0.15) is 15.9 Å². The summed E-state index contributed by atoms with van der Waals surface area (Å²) in [6.45, 7) is 2.35. The number of ether oxygens (including phenoxy) is 2. The highest BCUT2D eigenvalue weighted by atomic mass is 32.2. The second-order valence-corrected chi connectivity index (χ2v) is 11.0. The Morgan fingerprint density at radius 3 is 2.46 bits per heavy atom. The molecular weight excluding hydrogens is 518 g/mol. The maximum Gasteiger partial charge on any atom is 0.339 e. The third-order valence-electron chi connectivity index (χ3n) is 6.40. The number of esters is 1. The molecule has 4 aromatic rings. The zero-order valence-corrected chi connectivity index (χ0v) is 22.1. The standard InChI is InChI=1S/C29H27N3O6S/c1-20-11-12-22(17-27(20)39(35,36)32-13-15-37-16-14-32)30-28(33)19-38-29(34)24-18-26(21-7-3-2-4-8-21)31-25-10-6-5-9-23(24)25/h2-12,17-18H,13-16,19H2,1H3,(H,30,33). The van der Waals surface area contributed by atoms with Gasteiger partial charge in [0.05, 0.1) is 34.9 Å². The molecule has 5 rings (SSSR count). The number of hydrogen-bond donors (Lipinski definition) is 1. The number of morpholine rings is 1. The van der Waals surface area contributed by atoms with E-state index in [0.29, 0.717) is 40.9 Å². The maximum atomic E-state index is 13.1. The van der Waals surface area contributed by atoms with E-state index in [0.717, 1.165) is 5.56 Å². The zero-order valence-electron chi connectivity index (χ0n) is 21.3. The molecule has 10 heteroatoms. The molecule has 0 bridgehead atoms. The molecule has 1 aromatic heterocycles. The molecule has 200 valence electrons. The van der Waals surface area contributed by atoms with Gasteiger partial charge >= 0.3 is 5.97 Å². The van der Waals surface area contributed by atoms with Gasteiger partial charge < -0.3 is 14.8 Å². The summed E-state index contributed by atoms with van der Waals surface area (Å²) in [5.74, 6) is -1.26. The number of aromatic nitrogens is 1. The number of rotatable bonds is 7. The van der Waals surface area contributed by atoms with Crippen molar-refractivity contribution in [2.75, 3.05) is 38.2 Å². The molecule has 1 fully saturated rings. The number of para-hydroxylation sites is 1. The van der Waals surface area contributed by atoms with Crippen LogP contribution in [0.15, 0.2) is 83.8 Å². The number of aryl methyl sites for hydroxylation is 1. The second kappa shape index (κ2) is 11.3. The third-order valence-corrected chi connectivity index (χ3v) is 8.44. The largest absolute Gasteiger partial charge is 0.452 e. The lowest BCUT2D eigenvalue weighted by Crippen LogP contribution is -2.40. The molecule has 0 aliphatic carbocycles. The van der Waals surface area contributed by atoms with Crippen molar-refractivity contribution < 1.29 is 27.5 Å². The molecule has 1 amide bonds. The number of pyridine rings is 1. The van der Waals surface area contributed by atoms with Crippen LogP contribution in [0.25, 0.3) is 22.2 Å². The van der Waals surface area contributed by atoms with E-state index >= 15 is 0 Å². The van der Waals surface area contributed by atoms with Gasteiger partial charge in [-0.1, -0.05) is 54.6 Å². The van der Waals surface area contributed by atoms with Crippen molar-refractivity contribution in [3.05, 3.63) is 90.0 Å². The lowest BCUT2D eigenvalue weighted by Gasteiger charge is -2.26. The fraction of sp³-hybridized carbons (Fsp3) is 0.207. The number of anilines is 1. The zero-order chi connectivity index (χ0) is 27.4. The molecule has 39 heavy (non-hydrogen) atoms. The molecule has 0 unspecified atom stereocenters. The normalized spacial score (nSPS) is 14.2. The van der Waals surface area contributed by atoms with E-state index in [9.17, 15) is 18.0 Å². The van der Waals surface area contributed by atoms with Crippen molar-refractivity contribution in [1.29, 1.82) is 0 Å². The minimum Gasteiger partial charge on any atom is -0.452 e. The summed E-state index contributed by atoms with van der Waals surface area (Å²) in [4.78, 5) is 30.5. The Balaban J connectivity index is 1.31. The summed E-state index contributed by atoms with van der Waals surface area (Å²) in [5, 5.41) is 3.24. The molecule has 9 nitrogen and oxygen atoms in total. The highest BCUT2D eigenvalue weighted by Crippen LogP contribution is 2.26. The summed E-state index contributed by atoms with van der Waals surface area (Å²) < 4.78 is 38.3. The average molecular weight is 546 g/mol. The number of carbonyl (C=O) groups is 2. The van der Waals surface area contributed by atoms with E-state index in [1.807, 2.05) is 42.5 Å². The van der Waals surface area contributed by atoms with Gasteiger partial charge in [-0.3, -0.25) is 4.79 Å². The first-order chi connectivity index (χ1) is 18.8. The SMILES string of the molecule is Cc1ccc(NC(=O)COC(=O)c2cc(-c3ccccc3)nc3ccccc23)cc1S(=O)(=O)N1CCOCC1. The number of hydrogen-bond acceptors (Lipinski definition) is 7. The first-order valence-electron chi connectivity index (χ1n) is 12.4. The van der Waals surface area contributed by atoms with Gasteiger partial charge in [0.25, 0.3) is 5.91 Å². The van der Waals surface area contributed by atoms with Crippen molar-refractivity contribution in [1.82, 2.24) is 9.29 Å². The van der Waals surface area contributed by atoms with Gasteiger partial charge in [-0.25, -0.2) is 18.2 Å². The molecule has 3 aromatic carbocycles. The van der Waals surface area contributed by atoms with Crippen LogP contribution in [-0.4, -0.2) is 62.5 Å². The van der Waals surface area contributed by atoms with Gasteiger partial charge in [-0.2, -0.15) is 4.31 Å². The van der Waals surface area contributed by atoms with E-state index in [4.69, 9.17) is 9.47 Å². The quantitative estimate of drug-likeness (QED) is 0.349. The van der Waals surface area contributed by atoms with Gasteiger partial charge in [-0.15, -0.1) is 0 Å². The van der Waals surface area contributed by atoms with E-state index in [-0.39, 0.29) is 23.7 Å². The fourth-order valence-electron chi connectivity index (χ4n) is 4.39. The number of amides is 1. The van der Waals surface area contributed by atoms with Crippen LogP contribution in [0.3, 0.4) is 0 Å². The van der Waals surface area contributed by atoms with Gasteiger partial charge in [0.1, 0.15) is 0 Å². The molecule has 0 atom stereocenters. The minimum atomic E-state index is -3.75. The lowest BCUT2D eigenvalue weighted by atomic mass is 10.0. The number of carbonyl (C=O) groups excluding carboxylic acids is 2. The molecule has 0 saturated carbocycles. The van der Waals surface area contributed by atoms with Crippen molar-refractivity contribution >= 4 is 38.5 Å². The van der Waals surface area contributed by atoms with E-state index in [1.54, 1.807) is 37.3 Å². The van der Waals surface area contributed by atoms with Crippen LogP contribution in [-0.2, 0) is 24.3 Å². The topological polar surface area (TPSA) is 115 Å². The van der Waals surface area contributed by atoms with Crippen LogP contribution in [0, 0.1) is 6.92 Å². The molecule has 1 saturated heterocycles. The highest BCUT2D eigenvalue weighted by molar-refractivity contribution is 7.89. The summed E-state index contributed by atoms with van der Waals surface area (Å²) in [7, 11) is -3.75. The first-order valence-corrected chi connectivity index (χ1v) is 13.9. The fourth-order valence-corrected chi connectivity index (χ4v) is 6.05. The van der Waals surface area contributed by atoms with Gasteiger partial charge in [0, 0.05) is 29.7 Å². The predicted octanol–water partition coefficient (Wildman–Crippen LogP) is 4.03. The third kappa shape index (κ3) is 5.83. The van der Waals surface area contributed by atoms with Crippen molar-refractivity contribution in [3.63, 3.8) is 0 Å². The van der Waals surface area contributed by atoms with Crippen molar-refractivity contribution in [3.8, 4) is 11.3 Å². The monoisotopic (exact) mass is 545 g/mol. The van der Waals surface area contributed by atoms with E-state index < -0.39 is 28.5 Å². The molecule has 1 aliphatic rings. The summed E-state index contributed by atoms with van der Waals surface area (Å²) in [6.07, 6.45) is 0. The molecule has 2 heterocycles. The highest BCUT2D eigenvalue weighted by Gasteiger charge is 2.28. The Labute approximate surface area is 226 Å². The Morgan fingerprint density at radius 1 is 0.974 bits per heavy atom. The first kappa shape index (κ1) is 26.5. The molecule has 0 spiro atoms. The Morgan fingerprint density at radius 2 is 1.69 bits per heavy atom. The summed E-state index contributed by atoms with van der Waals surface area (Å²) >= 11 is 0. The average Bonchev–Trinajstić information content (AvgIpc) is 2.97. The number of sulfonamides is 1.